The molecular weight excluding hydrogens is 506 g/mol. The quantitative estimate of drug-likeness (QED) is 0.262. The first-order chi connectivity index (χ1) is 19.2. The highest BCUT2D eigenvalue weighted by atomic mass is 32.2. The number of ether oxygens (including phenoxy) is 2. The monoisotopic (exact) mass is 537 g/mol. The van der Waals surface area contributed by atoms with Crippen molar-refractivity contribution < 1.29 is 9.47 Å². The van der Waals surface area contributed by atoms with Crippen LogP contribution in [0.5, 0.6) is 5.75 Å². The highest BCUT2D eigenvalue weighted by molar-refractivity contribution is 7.97. The van der Waals surface area contributed by atoms with Crippen molar-refractivity contribution in [2.45, 2.75) is 29.8 Å². The van der Waals surface area contributed by atoms with Crippen molar-refractivity contribution in [2.24, 2.45) is 5.14 Å². The summed E-state index contributed by atoms with van der Waals surface area (Å²) in [7, 11) is 0. The summed E-state index contributed by atoms with van der Waals surface area (Å²) in [5.74, 6) is 0.875. The molecular formula is C31H31N5O2S. The molecule has 2 aliphatic heterocycles. The van der Waals surface area contributed by atoms with Crippen LogP contribution in [0.25, 0.3) is 38.7 Å². The number of fused-ring (bicyclic) bond motifs is 2. The van der Waals surface area contributed by atoms with Crippen molar-refractivity contribution in [1.29, 1.82) is 0 Å². The van der Waals surface area contributed by atoms with Crippen LogP contribution in [0.3, 0.4) is 0 Å². The number of aromatic nitrogens is 3. The van der Waals surface area contributed by atoms with Crippen LogP contribution in [0.2, 0.25) is 0 Å². The van der Waals surface area contributed by atoms with Crippen LogP contribution >= 0.6 is 11.9 Å². The normalized spacial score (nSPS) is 17.4. The van der Waals surface area contributed by atoms with E-state index in [4.69, 9.17) is 19.6 Å². The first-order valence-corrected chi connectivity index (χ1v) is 14.4. The fourth-order valence-electron chi connectivity index (χ4n) is 5.83. The summed E-state index contributed by atoms with van der Waals surface area (Å²) >= 11 is 1.27. The Morgan fingerprint density at radius 3 is 2.41 bits per heavy atom. The summed E-state index contributed by atoms with van der Waals surface area (Å²) < 4.78 is 13.9. The van der Waals surface area contributed by atoms with Crippen LogP contribution in [0.4, 0.5) is 0 Å². The molecule has 5 aromatic rings. The van der Waals surface area contributed by atoms with Crippen LogP contribution < -0.4 is 9.88 Å². The summed E-state index contributed by atoms with van der Waals surface area (Å²) in [6.07, 6.45) is 9.73. The van der Waals surface area contributed by atoms with Gasteiger partial charge in [0, 0.05) is 35.0 Å². The van der Waals surface area contributed by atoms with E-state index in [2.05, 4.69) is 52.5 Å². The van der Waals surface area contributed by atoms with Gasteiger partial charge in [0.15, 0.2) is 11.2 Å². The molecule has 7 rings (SSSR count). The molecule has 0 saturated carbocycles. The Bertz CT molecular complexity index is 1620. The number of likely N-dealkylation sites (tertiary alicyclic amines) is 1. The largest absolute Gasteiger partial charge is 0.481 e. The smallest absolute Gasteiger partial charge is 0.168 e. The van der Waals surface area contributed by atoms with Gasteiger partial charge in [0.1, 0.15) is 5.75 Å². The van der Waals surface area contributed by atoms with Crippen molar-refractivity contribution in [3.05, 3.63) is 79.3 Å². The molecule has 0 atom stereocenters. The topological polar surface area (TPSA) is 77.9 Å². The fraction of sp³-hybridized carbons (Fsp3) is 0.290. The summed E-state index contributed by atoms with van der Waals surface area (Å²) in [5, 5.41) is 12.8. The minimum atomic E-state index is -0.240. The summed E-state index contributed by atoms with van der Waals surface area (Å²) in [5.41, 5.74) is 4.74. The molecule has 0 unspecified atom stereocenters. The van der Waals surface area contributed by atoms with E-state index in [0.29, 0.717) is 13.2 Å². The predicted molar refractivity (Wildman–Crippen MR) is 156 cm³/mol. The van der Waals surface area contributed by atoms with E-state index in [1.54, 1.807) is 0 Å². The number of rotatable bonds is 7. The van der Waals surface area contributed by atoms with Gasteiger partial charge in [0.25, 0.3) is 0 Å². The van der Waals surface area contributed by atoms with Crippen LogP contribution in [-0.4, -0.2) is 57.9 Å². The second-order valence-corrected chi connectivity index (χ2v) is 11.3. The van der Waals surface area contributed by atoms with Crippen LogP contribution in [-0.2, 0) is 4.74 Å². The van der Waals surface area contributed by atoms with E-state index in [1.807, 2.05) is 41.3 Å². The lowest BCUT2D eigenvalue weighted by Crippen LogP contribution is -2.61. The summed E-state index contributed by atoms with van der Waals surface area (Å²) in [6.45, 7) is 4.54. The fourth-order valence-corrected chi connectivity index (χ4v) is 6.28. The molecule has 2 saturated heterocycles. The first kappa shape index (κ1) is 24.6. The lowest BCUT2D eigenvalue weighted by Gasteiger charge is -2.45. The van der Waals surface area contributed by atoms with E-state index in [0.717, 1.165) is 69.0 Å². The molecule has 39 heavy (non-hydrogen) atoms. The number of hydrogen-bond donors (Lipinski definition) is 1. The van der Waals surface area contributed by atoms with E-state index in [-0.39, 0.29) is 5.60 Å². The van der Waals surface area contributed by atoms with Crippen molar-refractivity contribution in [3.8, 4) is 28.0 Å². The van der Waals surface area contributed by atoms with E-state index in [9.17, 15) is 0 Å². The maximum atomic E-state index is 6.50. The van der Waals surface area contributed by atoms with Crippen LogP contribution in [0.1, 0.15) is 19.3 Å². The second-order valence-electron chi connectivity index (χ2n) is 10.6. The van der Waals surface area contributed by atoms with Gasteiger partial charge in [-0.25, -0.2) is 9.50 Å². The lowest BCUT2D eigenvalue weighted by atomic mass is 9.99. The minimum Gasteiger partial charge on any atom is -0.481 e. The van der Waals surface area contributed by atoms with Gasteiger partial charge in [0.2, 0.25) is 0 Å². The minimum absolute atomic E-state index is 0.240. The Morgan fingerprint density at radius 2 is 1.67 bits per heavy atom. The molecule has 0 bridgehead atoms. The zero-order chi connectivity index (χ0) is 26.2. The standard InChI is InChI=1S/C31H31N5O2S/c32-39-29-13-12-26(25-6-2-3-7-27(25)29)28-17-34-36-18-23(16-33-30(28)36)22-8-10-24(11-9-22)38-31(20-37-21-31)19-35-14-4-1-5-15-35/h2-3,6-13,16-18H,1,4-5,14-15,19-21,32H2. The lowest BCUT2D eigenvalue weighted by molar-refractivity contribution is -0.172. The van der Waals surface area contributed by atoms with Gasteiger partial charge in [-0.05, 0) is 78.0 Å². The van der Waals surface area contributed by atoms with Gasteiger partial charge < -0.3 is 9.47 Å². The van der Waals surface area contributed by atoms with E-state index < -0.39 is 0 Å². The van der Waals surface area contributed by atoms with Crippen molar-refractivity contribution in [1.82, 2.24) is 19.5 Å². The number of benzene rings is 3. The average Bonchev–Trinajstić information content (AvgIpc) is 3.39. The Kier molecular flexibility index (Phi) is 6.48. The zero-order valence-corrected chi connectivity index (χ0v) is 22.6. The Balaban J connectivity index is 1.13. The third-order valence-electron chi connectivity index (χ3n) is 7.87. The average molecular weight is 538 g/mol. The third-order valence-corrected chi connectivity index (χ3v) is 8.48. The van der Waals surface area contributed by atoms with Crippen molar-refractivity contribution >= 4 is 28.4 Å². The SMILES string of the molecule is NSc1ccc(-c2cnn3cc(-c4ccc(OC5(CN6CCCCC6)COC5)cc4)cnc23)c2ccccc12. The van der Waals surface area contributed by atoms with Gasteiger partial charge in [-0.3, -0.25) is 10.0 Å². The van der Waals surface area contributed by atoms with Gasteiger partial charge in [-0.15, -0.1) is 0 Å². The highest BCUT2D eigenvalue weighted by Crippen LogP contribution is 2.36. The molecule has 8 heteroatoms. The molecule has 2 N–H and O–H groups in total. The Hall–Kier alpha value is -3.43. The van der Waals surface area contributed by atoms with Crippen molar-refractivity contribution in [2.75, 3.05) is 32.8 Å². The van der Waals surface area contributed by atoms with Gasteiger partial charge in [-0.2, -0.15) is 5.10 Å². The maximum Gasteiger partial charge on any atom is 0.168 e. The van der Waals surface area contributed by atoms with Gasteiger partial charge >= 0.3 is 0 Å². The number of piperidine rings is 1. The molecule has 2 aromatic heterocycles. The molecule has 198 valence electrons. The van der Waals surface area contributed by atoms with E-state index in [1.165, 1.54) is 31.2 Å². The third kappa shape index (κ3) is 4.67. The summed E-state index contributed by atoms with van der Waals surface area (Å²) in [4.78, 5) is 8.40. The highest BCUT2D eigenvalue weighted by Gasteiger charge is 2.42. The molecule has 3 aromatic carbocycles. The first-order valence-electron chi connectivity index (χ1n) is 13.5. The Morgan fingerprint density at radius 1 is 0.872 bits per heavy atom. The maximum absolute atomic E-state index is 6.50. The Labute approximate surface area is 232 Å². The van der Waals surface area contributed by atoms with Crippen LogP contribution in [0.15, 0.2) is 84.1 Å². The van der Waals surface area contributed by atoms with Gasteiger partial charge in [0.05, 0.1) is 19.4 Å². The zero-order valence-electron chi connectivity index (χ0n) is 21.8. The molecule has 7 nitrogen and oxygen atoms in total. The predicted octanol–water partition coefficient (Wildman–Crippen LogP) is 5.82. The number of nitrogens with two attached hydrogens (primary N) is 1. The van der Waals surface area contributed by atoms with E-state index >= 15 is 0 Å². The molecule has 2 fully saturated rings. The molecule has 0 amide bonds. The van der Waals surface area contributed by atoms with Crippen molar-refractivity contribution in [3.63, 3.8) is 0 Å². The molecule has 4 heterocycles. The molecule has 0 spiro atoms. The van der Waals surface area contributed by atoms with Gasteiger partial charge in [-0.1, -0.05) is 48.9 Å². The summed E-state index contributed by atoms with van der Waals surface area (Å²) in [6, 6.07) is 20.8. The molecule has 0 radical (unpaired) electrons. The number of nitrogens with zero attached hydrogens (tertiary/aromatic N) is 4. The molecule has 0 aliphatic carbocycles. The van der Waals surface area contributed by atoms with Crippen LogP contribution in [0, 0.1) is 0 Å². The second kappa shape index (κ2) is 10.3. The molecule has 2 aliphatic rings. The number of hydrogen-bond acceptors (Lipinski definition) is 7.